The number of anilines is 1. The van der Waals surface area contributed by atoms with Crippen LogP contribution in [0.5, 0.6) is 0 Å². The minimum atomic E-state index is -3.86. The molecular weight excluding hydrogens is 230 g/mol. The van der Waals surface area contributed by atoms with Crippen LogP contribution in [0.2, 0.25) is 0 Å². The minimum Gasteiger partial charge on any atom is -0.399 e. The molecule has 0 radical (unpaired) electrons. The number of nitrogens with zero attached hydrogens (tertiary/aromatic N) is 2. The van der Waals surface area contributed by atoms with Gasteiger partial charge in [-0.2, -0.15) is 13.1 Å². The highest BCUT2D eigenvalue weighted by atomic mass is 32.2. The van der Waals surface area contributed by atoms with Gasteiger partial charge in [0.2, 0.25) is 0 Å². The van der Waals surface area contributed by atoms with Crippen LogP contribution in [0.3, 0.4) is 0 Å². The molecule has 0 fully saturated rings. The second kappa shape index (κ2) is 3.86. The molecule has 2 aromatic rings. The Labute approximate surface area is 92.4 Å². The average Bonchev–Trinajstić information content (AvgIpc) is 2.70. The molecule has 1 aromatic carbocycles. The molecule has 0 atom stereocenters. The Kier molecular flexibility index (Phi) is 2.53. The monoisotopic (exact) mass is 239 g/mol. The number of nitrogen functional groups attached to an aromatic ring is 1. The molecule has 0 aliphatic heterocycles. The summed E-state index contributed by atoms with van der Waals surface area (Å²) in [6, 6.07) is 5.87. The largest absolute Gasteiger partial charge is 0.399 e. The fourth-order valence-corrected chi connectivity index (χ4v) is 2.04. The maximum atomic E-state index is 11.7. The number of aromatic nitrogens is 2. The Hall–Kier alpha value is -2.02. The number of rotatable bonds is 3. The third-order valence-electron chi connectivity index (χ3n) is 1.81. The van der Waals surface area contributed by atoms with Crippen LogP contribution in [0.4, 0.5) is 5.69 Å². The fraction of sp³-hybridized carbons (Fsp3) is 0. The van der Waals surface area contributed by atoms with Gasteiger partial charge < -0.3 is 5.73 Å². The number of benzene rings is 1. The Morgan fingerprint density at radius 3 is 2.81 bits per heavy atom. The third kappa shape index (κ3) is 2.14. The first-order valence-electron chi connectivity index (χ1n) is 4.36. The lowest BCUT2D eigenvalue weighted by Gasteiger charge is -2.06. The Morgan fingerprint density at radius 1 is 1.38 bits per heavy atom. The highest BCUT2D eigenvalue weighted by Crippen LogP contribution is 2.13. The molecule has 2 N–H and O–H groups in total. The van der Waals surface area contributed by atoms with E-state index in [1.54, 1.807) is 12.1 Å². The lowest BCUT2D eigenvalue weighted by atomic mass is 10.3. The van der Waals surface area contributed by atoms with E-state index in [0.29, 0.717) is 5.69 Å². The summed E-state index contributed by atoms with van der Waals surface area (Å²) in [5.74, 6) is 0. The van der Waals surface area contributed by atoms with Crippen LogP contribution in [-0.2, 0) is 10.1 Å². The molecule has 6 nitrogen and oxygen atoms in total. The maximum absolute atomic E-state index is 11.7. The highest BCUT2D eigenvalue weighted by Gasteiger charge is 2.16. The van der Waals surface area contributed by atoms with Gasteiger partial charge in [-0.1, -0.05) is 6.07 Å². The summed E-state index contributed by atoms with van der Waals surface area (Å²) in [7, 11) is -3.86. The molecule has 0 aliphatic rings. The van der Waals surface area contributed by atoms with Crippen LogP contribution in [-0.4, -0.2) is 18.1 Å². The van der Waals surface area contributed by atoms with Gasteiger partial charge in [-0.15, -0.1) is 0 Å². The van der Waals surface area contributed by atoms with Gasteiger partial charge in [-0.05, 0) is 18.2 Å². The van der Waals surface area contributed by atoms with Crippen molar-refractivity contribution in [2.24, 2.45) is 0 Å². The molecular formula is C9H9N3O3S. The summed E-state index contributed by atoms with van der Waals surface area (Å²) < 4.78 is 29.2. The summed E-state index contributed by atoms with van der Waals surface area (Å²) >= 11 is 0. The van der Waals surface area contributed by atoms with E-state index in [2.05, 4.69) is 4.98 Å². The predicted octanol–water partition coefficient (Wildman–Crippen LogP) is 0.283. The molecule has 1 aromatic heterocycles. The predicted molar refractivity (Wildman–Crippen MR) is 56.8 cm³/mol. The van der Waals surface area contributed by atoms with Crippen molar-refractivity contribution >= 4 is 15.8 Å². The Balaban J connectivity index is 2.33. The molecule has 84 valence electrons. The maximum Gasteiger partial charge on any atom is 0.357 e. The summed E-state index contributed by atoms with van der Waals surface area (Å²) in [5, 5.41) is 0. The Bertz CT molecular complexity index is 578. The van der Waals surface area contributed by atoms with Gasteiger partial charge in [-0.3, -0.25) is 4.28 Å². The molecule has 0 bridgehead atoms. The molecule has 0 aliphatic carbocycles. The second-order valence-corrected chi connectivity index (χ2v) is 4.55. The van der Waals surface area contributed by atoms with E-state index in [1.807, 2.05) is 0 Å². The van der Waals surface area contributed by atoms with Gasteiger partial charge in [0, 0.05) is 11.9 Å². The third-order valence-corrected chi connectivity index (χ3v) is 3.01. The quantitative estimate of drug-likeness (QED) is 0.777. The van der Waals surface area contributed by atoms with Crippen LogP contribution >= 0.6 is 0 Å². The molecule has 7 heteroatoms. The van der Waals surface area contributed by atoms with Gasteiger partial charge in [-0.25, -0.2) is 4.98 Å². The van der Waals surface area contributed by atoms with Crippen molar-refractivity contribution in [3.8, 4) is 0 Å². The van der Waals surface area contributed by atoms with Gasteiger partial charge in [0.25, 0.3) is 0 Å². The molecule has 1 heterocycles. The van der Waals surface area contributed by atoms with Gasteiger partial charge in [0.05, 0.1) is 6.20 Å². The first kappa shape index (κ1) is 10.5. The molecule has 16 heavy (non-hydrogen) atoms. The van der Waals surface area contributed by atoms with Crippen LogP contribution in [0.25, 0.3) is 0 Å². The summed E-state index contributed by atoms with van der Waals surface area (Å²) in [5.41, 5.74) is 5.85. The SMILES string of the molecule is Nc1cccc(S(=O)(=O)On2ccnc2)c1. The first-order valence-corrected chi connectivity index (χ1v) is 5.77. The molecule has 0 spiro atoms. The van der Waals surface area contributed by atoms with Crippen molar-refractivity contribution in [3.63, 3.8) is 0 Å². The van der Waals surface area contributed by atoms with E-state index < -0.39 is 10.1 Å². The van der Waals surface area contributed by atoms with E-state index in [1.165, 1.54) is 30.9 Å². The molecule has 0 unspecified atom stereocenters. The van der Waals surface area contributed by atoms with E-state index in [-0.39, 0.29) is 4.90 Å². The van der Waals surface area contributed by atoms with Crippen molar-refractivity contribution in [1.82, 2.24) is 9.71 Å². The molecule has 0 saturated carbocycles. The number of imidazole rings is 1. The summed E-state index contributed by atoms with van der Waals surface area (Å²) in [6.45, 7) is 0. The van der Waals surface area contributed by atoms with Crippen LogP contribution < -0.4 is 10.0 Å². The van der Waals surface area contributed by atoms with Crippen molar-refractivity contribution in [2.75, 3.05) is 5.73 Å². The van der Waals surface area contributed by atoms with Gasteiger partial charge in [0.1, 0.15) is 11.2 Å². The van der Waals surface area contributed by atoms with Gasteiger partial charge >= 0.3 is 10.1 Å². The lowest BCUT2D eigenvalue weighted by Crippen LogP contribution is -2.19. The standard InChI is InChI=1S/C9H9N3O3S/c10-8-2-1-3-9(6-8)16(13,14)15-12-5-4-11-7-12/h1-7H,10H2. The fourth-order valence-electron chi connectivity index (χ4n) is 1.12. The van der Waals surface area contributed by atoms with E-state index in [0.717, 1.165) is 4.73 Å². The van der Waals surface area contributed by atoms with E-state index in [4.69, 9.17) is 10.0 Å². The van der Waals surface area contributed by atoms with Crippen LogP contribution in [0, 0.1) is 0 Å². The van der Waals surface area contributed by atoms with Crippen molar-refractivity contribution in [3.05, 3.63) is 43.0 Å². The van der Waals surface area contributed by atoms with E-state index in [9.17, 15) is 8.42 Å². The average molecular weight is 239 g/mol. The second-order valence-electron chi connectivity index (χ2n) is 3.02. The topological polar surface area (TPSA) is 87.2 Å². The minimum absolute atomic E-state index is 0.00111. The zero-order chi connectivity index (χ0) is 11.6. The zero-order valence-electron chi connectivity index (χ0n) is 8.15. The summed E-state index contributed by atoms with van der Waals surface area (Å²) in [4.78, 5) is 3.67. The van der Waals surface area contributed by atoms with Crippen molar-refractivity contribution in [1.29, 1.82) is 0 Å². The Morgan fingerprint density at radius 2 is 2.19 bits per heavy atom. The van der Waals surface area contributed by atoms with Crippen molar-refractivity contribution < 1.29 is 12.7 Å². The van der Waals surface area contributed by atoms with Gasteiger partial charge in [0.15, 0.2) is 0 Å². The highest BCUT2D eigenvalue weighted by molar-refractivity contribution is 7.87. The van der Waals surface area contributed by atoms with E-state index >= 15 is 0 Å². The smallest absolute Gasteiger partial charge is 0.357 e. The first-order chi connectivity index (χ1) is 7.58. The van der Waals surface area contributed by atoms with Crippen molar-refractivity contribution in [2.45, 2.75) is 4.90 Å². The lowest BCUT2D eigenvalue weighted by molar-refractivity contribution is 0.278. The molecule has 2 rings (SSSR count). The molecule has 0 amide bonds. The zero-order valence-corrected chi connectivity index (χ0v) is 8.96. The van der Waals surface area contributed by atoms with Crippen LogP contribution in [0.1, 0.15) is 0 Å². The van der Waals surface area contributed by atoms with Crippen LogP contribution in [0.15, 0.2) is 47.9 Å². The number of hydrogen-bond donors (Lipinski definition) is 1. The summed E-state index contributed by atoms with van der Waals surface area (Å²) in [6.07, 6.45) is 4.03. The number of nitrogens with two attached hydrogens (primary N) is 1. The normalized spacial score (nSPS) is 11.2. The number of hydrogen-bond acceptors (Lipinski definition) is 5. The molecule has 0 saturated heterocycles.